The van der Waals surface area contributed by atoms with Gasteiger partial charge in [-0.1, -0.05) is 12.1 Å². The number of amides is 1. The van der Waals surface area contributed by atoms with Gasteiger partial charge in [-0.2, -0.15) is 5.26 Å². The van der Waals surface area contributed by atoms with Gasteiger partial charge in [0.25, 0.3) is 0 Å². The highest BCUT2D eigenvalue weighted by atomic mass is 32.2. The summed E-state index contributed by atoms with van der Waals surface area (Å²) in [7, 11) is -2.11. The largest absolute Gasteiger partial charge is 0.334 e. The van der Waals surface area contributed by atoms with Crippen molar-refractivity contribution in [2.45, 2.75) is 36.1 Å². The molecule has 2 rings (SSSR count). The van der Waals surface area contributed by atoms with Gasteiger partial charge in [-0.3, -0.25) is 4.79 Å². The van der Waals surface area contributed by atoms with E-state index in [1.165, 1.54) is 25.3 Å². The van der Waals surface area contributed by atoms with Crippen LogP contribution in [0.15, 0.2) is 35.2 Å². The van der Waals surface area contributed by atoms with Gasteiger partial charge in [0.1, 0.15) is 5.54 Å². The van der Waals surface area contributed by atoms with E-state index in [4.69, 9.17) is 0 Å². The Bertz CT molecular complexity index is 740. The van der Waals surface area contributed by atoms with Gasteiger partial charge in [0.05, 0.1) is 11.0 Å². The van der Waals surface area contributed by atoms with Crippen LogP contribution >= 0.6 is 0 Å². The molecule has 1 amide bonds. The monoisotopic (exact) mass is 333 g/mol. The lowest BCUT2D eigenvalue weighted by molar-refractivity contribution is -0.117. The van der Waals surface area contributed by atoms with Gasteiger partial charge < -0.3 is 5.32 Å². The molecule has 0 heterocycles. The van der Waals surface area contributed by atoms with Crippen LogP contribution in [0.1, 0.15) is 31.2 Å². The number of nitriles is 1. The summed E-state index contributed by atoms with van der Waals surface area (Å²) in [6.07, 6.45) is 6.20. The lowest BCUT2D eigenvalue weighted by Crippen LogP contribution is -2.44. The summed E-state index contributed by atoms with van der Waals surface area (Å²) in [4.78, 5) is 12.1. The molecule has 1 aromatic carbocycles. The van der Waals surface area contributed by atoms with Crippen molar-refractivity contribution in [1.82, 2.24) is 10.0 Å². The molecule has 0 saturated heterocycles. The van der Waals surface area contributed by atoms with E-state index in [0.29, 0.717) is 18.4 Å². The van der Waals surface area contributed by atoms with Crippen LogP contribution in [0.2, 0.25) is 0 Å². The first kappa shape index (κ1) is 17.2. The third kappa shape index (κ3) is 4.18. The molecule has 23 heavy (non-hydrogen) atoms. The molecule has 0 spiro atoms. The first-order chi connectivity index (χ1) is 10.9. The molecule has 1 aromatic rings. The van der Waals surface area contributed by atoms with E-state index >= 15 is 0 Å². The number of hydrogen-bond donors (Lipinski definition) is 2. The molecule has 0 radical (unpaired) electrons. The molecular formula is C16H19N3O3S. The fourth-order valence-corrected chi connectivity index (χ4v) is 3.30. The second kappa shape index (κ2) is 6.94. The van der Waals surface area contributed by atoms with Crippen molar-refractivity contribution in [2.24, 2.45) is 0 Å². The number of hydrogen-bond acceptors (Lipinski definition) is 4. The molecule has 0 aromatic heterocycles. The minimum atomic E-state index is -3.46. The summed E-state index contributed by atoms with van der Waals surface area (Å²) in [5.41, 5.74) is -0.0424. The van der Waals surface area contributed by atoms with E-state index in [-0.39, 0.29) is 10.8 Å². The maximum absolute atomic E-state index is 12.0. The van der Waals surface area contributed by atoms with E-state index in [0.717, 1.165) is 12.8 Å². The minimum Gasteiger partial charge on any atom is -0.334 e. The van der Waals surface area contributed by atoms with Crippen LogP contribution in [-0.4, -0.2) is 26.9 Å². The standard InChI is InChI=1S/C16H19N3O3S/c1-18-23(21,22)14-7-4-13(5-8-14)6-9-15(20)19-16(12-17)10-2-3-11-16/h4-9,18H,2-3,10-11H2,1H3,(H,19,20)/b9-6+. The summed E-state index contributed by atoms with van der Waals surface area (Å²) in [5.74, 6) is -0.319. The Labute approximate surface area is 136 Å². The van der Waals surface area contributed by atoms with Gasteiger partial charge in [-0.05, 0) is 56.5 Å². The Balaban J connectivity index is 2.03. The number of rotatable bonds is 5. The Hall–Kier alpha value is -2.17. The van der Waals surface area contributed by atoms with Crippen molar-refractivity contribution >= 4 is 22.0 Å². The SMILES string of the molecule is CNS(=O)(=O)c1ccc(/C=C/C(=O)NC2(C#N)CCCC2)cc1. The molecular weight excluding hydrogens is 314 g/mol. The smallest absolute Gasteiger partial charge is 0.245 e. The maximum Gasteiger partial charge on any atom is 0.245 e. The van der Waals surface area contributed by atoms with Gasteiger partial charge in [-0.15, -0.1) is 0 Å². The first-order valence-electron chi connectivity index (χ1n) is 7.36. The highest BCUT2D eigenvalue weighted by Gasteiger charge is 2.34. The van der Waals surface area contributed by atoms with E-state index in [2.05, 4.69) is 16.1 Å². The fraction of sp³-hybridized carbons (Fsp3) is 0.375. The van der Waals surface area contributed by atoms with Crippen LogP contribution in [0.3, 0.4) is 0 Å². The number of benzene rings is 1. The van der Waals surface area contributed by atoms with E-state index in [1.807, 2.05) is 0 Å². The summed E-state index contributed by atoms with van der Waals surface area (Å²) < 4.78 is 25.5. The number of sulfonamides is 1. The Morgan fingerprint density at radius 2 is 1.87 bits per heavy atom. The predicted octanol–water partition coefficient (Wildman–Crippen LogP) is 1.56. The molecule has 0 unspecified atom stereocenters. The third-order valence-corrected chi connectivity index (χ3v) is 5.35. The summed E-state index contributed by atoms with van der Waals surface area (Å²) >= 11 is 0. The van der Waals surface area contributed by atoms with Gasteiger partial charge in [-0.25, -0.2) is 13.1 Å². The third-order valence-electron chi connectivity index (χ3n) is 3.92. The molecule has 0 aliphatic heterocycles. The average molecular weight is 333 g/mol. The number of carbonyl (C=O) groups excluding carboxylic acids is 1. The Morgan fingerprint density at radius 1 is 1.26 bits per heavy atom. The number of nitrogens with one attached hydrogen (secondary N) is 2. The molecule has 1 aliphatic carbocycles. The van der Waals surface area contributed by atoms with Crippen molar-refractivity contribution in [3.8, 4) is 6.07 Å². The zero-order valence-electron chi connectivity index (χ0n) is 12.9. The van der Waals surface area contributed by atoms with Crippen LogP contribution < -0.4 is 10.0 Å². The maximum atomic E-state index is 12.0. The lowest BCUT2D eigenvalue weighted by Gasteiger charge is -2.20. The molecule has 7 heteroatoms. The van der Waals surface area contributed by atoms with Crippen molar-refractivity contribution < 1.29 is 13.2 Å². The zero-order chi connectivity index (χ0) is 16.9. The van der Waals surface area contributed by atoms with Crippen LogP contribution in [-0.2, 0) is 14.8 Å². The molecule has 0 bridgehead atoms. The lowest BCUT2D eigenvalue weighted by atomic mass is 10.00. The second-order valence-electron chi connectivity index (χ2n) is 5.50. The normalized spacial score (nSPS) is 17.0. The van der Waals surface area contributed by atoms with Crippen LogP contribution in [0.25, 0.3) is 6.08 Å². The summed E-state index contributed by atoms with van der Waals surface area (Å²) in [6, 6.07) is 8.37. The summed E-state index contributed by atoms with van der Waals surface area (Å²) in [6.45, 7) is 0. The van der Waals surface area contributed by atoms with Crippen molar-refractivity contribution in [3.05, 3.63) is 35.9 Å². The molecule has 1 saturated carbocycles. The van der Waals surface area contributed by atoms with Crippen LogP contribution in [0, 0.1) is 11.3 Å². The first-order valence-corrected chi connectivity index (χ1v) is 8.84. The molecule has 6 nitrogen and oxygen atoms in total. The van der Waals surface area contributed by atoms with Gasteiger partial charge in [0.2, 0.25) is 15.9 Å². The summed E-state index contributed by atoms with van der Waals surface area (Å²) in [5, 5.41) is 12.0. The molecule has 1 fully saturated rings. The number of carbonyl (C=O) groups is 1. The second-order valence-corrected chi connectivity index (χ2v) is 7.39. The predicted molar refractivity (Wildman–Crippen MR) is 86.7 cm³/mol. The van der Waals surface area contributed by atoms with E-state index in [9.17, 15) is 18.5 Å². The Morgan fingerprint density at radius 3 is 2.39 bits per heavy atom. The van der Waals surface area contributed by atoms with Crippen LogP contribution in [0.4, 0.5) is 0 Å². The average Bonchev–Trinajstić information content (AvgIpc) is 3.02. The van der Waals surface area contributed by atoms with Gasteiger partial charge in [0.15, 0.2) is 0 Å². The topological polar surface area (TPSA) is 99.1 Å². The van der Waals surface area contributed by atoms with E-state index < -0.39 is 15.6 Å². The fourth-order valence-electron chi connectivity index (χ4n) is 2.57. The Kier molecular flexibility index (Phi) is 5.19. The van der Waals surface area contributed by atoms with Gasteiger partial charge in [0, 0.05) is 6.08 Å². The molecule has 2 N–H and O–H groups in total. The molecule has 1 aliphatic rings. The minimum absolute atomic E-state index is 0.163. The van der Waals surface area contributed by atoms with Crippen LogP contribution in [0.5, 0.6) is 0 Å². The quantitative estimate of drug-likeness (QED) is 0.799. The highest BCUT2D eigenvalue weighted by molar-refractivity contribution is 7.89. The van der Waals surface area contributed by atoms with Crippen molar-refractivity contribution in [1.29, 1.82) is 5.26 Å². The zero-order valence-corrected chi connectivity index (χ0v) is 13.7. The molecule has 122 valence electrons. The molecule has 0 atom stereocenters. The van der Waals surface area contributed by atoms with Gasteiger partial charge >= 0.3 is 0 Å². The number of nitrogens with zero attached hydrogens (tertiary/aromatic N) is 1. The van der Waals surface area contributed by atoms with E-state index in [1.54, 1.807) is 18.2 Å². The van der Waals surface area contributed by atoms with Crippen molar-refractivity contribution in [2.75, 3.05) is 7.05 Å². The highest BCUT2D eigenvalue weighted by Crippen LogP contribution is 2.28. The van der Waals surface area contributed by atoms with Crippen molar-refractivity contribution in [3.63, 3.8) is 0 Å².